The first kappa shape index (κ1) is 12.8. The second-order valence-corrected chi connectivity index (χ2v) is 7.92. The van der Waals surface area contributed by atoms with Gasteiger partial charge in [0, 0.05) is 6.42 Å². The lowest BCUT2D eigenvalue weighted by Crippen LogP contribution is -2.51. The van der Waals surface area contributed by atoms with Crippen molar-refractivity contribution in [2.24, 2.45) is 0 Å². The van der Waals surface area contributed by atoms with E-state index in [1.807, 2.05) is 13.8 Å². The van der Waals surface area contributed by atoms with Gasteiger partial charge in [0.05, 0.1) is 18.0 Å². The van der Waals surface area contributed by atoms with E-state index in [4.69, 9.17) is 13.7 Å². The summed E-state index contributed by atoms with van der Waals surface area (Å²) < 4.78 is 39.8. The average molecular weight is 276 g/mol. The Bertz CT molecular complexity index is 453. The van der Waals surface area contributed by atoms with E-state index < -0.39 is 21.5 Å². The van der Waals surface area contributed by atoms with Gasteiger partial charge in [-0.1, -0.05) is 0 Å². The maximum Gasteiger partial charge on any atom is 0.265 e. The quantitative estimate of drug-likeness (QED) is 0.732. The summed E-state index contributed by atoms with van der Waals surface area (Å²) in [6.45, 7) is 3.77. The van der Waals surface area contributed by atoms with Crippen LogP contribution in [0, 0.1) is 0 Å². The fraction of sp³-hybridized carbons (Fsp3) is 1.00. The summed E-state index contributed by atoms with van der Waals surface area (Å²) in [6, 6.07) is 0. The zero-order valence-corrected chi connectivity index (χ0v) is 11.9. The second kappa shape index (κ2) is 3.48. The van der Waals surface area contributed by atoms with Crippen LogP contribution < -0.4 is 0 Å². The first-order valence-electron chi connectivity index (χ1n) is 6.43. The molecule has 0 unspecified atom stereocenters. The van der Waals surface area contributed by atoms with Crippen molar-refractivity contribution in [3.63, 3.8) is 0 Å². The zero-order chi connectivity index (χ0) is 13.2. The zero-order valence-electron chi connectivity index (χ0n) is 11.1. The molecule has 1 heterocycles. The maximum absolute atomic E-state index is 11.4. The predicted molar refractivity (Wildman–Crippen MR) is 64.5 cm³/mol. The number of rotatable bonds is 3. The van der Waals surface area contributed by atoms with Crippen molar-refractivity contribution >= 4 is 10.1 Å². The van der Waals surface area contributed by atoms with E-state index in [0.29, 0.717) is 0 Å². The molecule has 104 valence electrons. The van der Waals surface area contributed by atoms with Gasteiger partial charge in [0.25, 0.3) is 10.1 Å². The molecule has 18 heavy (non-hydrogen) atoms. The van der Waals surface area contributed by atoms with Crippen LogP contribution in [0.4, 0.5) is 0 Å². The summed E-state index contributed by atoms with van der Waals surface area (Å²) in [4.78, 5) is 0. The third-order valence-corrected chi connectivity index (χ3v) is 4.54. The van der Waals surface area contributed by atoms with Crippen molar-refractivity contribution in [1.29, 1.82) is 0 Å². The SMILES string of the molecule is CC1(C)O[C@H](C2(OS(C)(=O)=O)CC2)CC2(CC2)O1. The van der Waals surface area contributed by atoms with Gasteiger partial charge in [0.15, 0.2) is 5.79 Å². The Morgan fingerprint density at radius 2 is 1.78 bits per heavy atom. The molecular formula is C12H20O5S. The molecule has 0 N–H and O–H groups in total. The van der Waals surface area contributed by atoms with Crippen LogP contribution in [-0.4, -0.2) is 37.8 Å². The lowest BCUT2D eigenvalue weighted by atomic mass is 10.0. The van der Waals surface area contributed by atoms with Gasteiger partial charge in [-0.25, -0.2) is 0 Å². The molecule has 3 fully saturated rings. The van der Waals surface area contributed by atoms with Crippen LogP contribution in [0.2, 0.25) is 0 Å². The highest BCUT2D eigenvalue weighted by molar-refractivity contribution is 7.86. The van der Waals surface area contributed by atoms with Gasteiger partial charge in [0.2, 0.25) is 0 Å². The lowest BCUT2D eigenvalue weighted by molar-refractivity contribution is -0.322. The minimum atomic E-state index is -3.44. The van der Waals surface area contributed by atoms with Gasteiger partial charge >= 0.3 is 0 Å². The minimum Gasteiger partial charge on any atom is -0.344 e. The van der Waals surface area contributed by atoms with E-state index in [-0.39, 0.29) is 11.7 Å². The van der Waals surface area contributed by atoms with Crippen LogP contribution in [-0.2, 0) is 23.8 Å². The minimum absolute atomic E-state index is 0.0944. The third-order valence-electron chi connectivity index (χ3n) is 3.90. The molecule has 1 spiro atoms. The Morgan fingerprint density at radius 3 is 2.22 bits per heavy atom. The Balaban J connectivity index is 1.80. The molecule has 0 aromatic rings. The van der Waals surface area contributed by atoms with Crippen LogP contribution in [0.15, 0.2) is 0 Å². The summed E-state index contributed by atoms with van der Waals surface area (Å²) >= 11 is 0. The van der Waals surface area contributed by atoms with Crippen molar-refractivity contribution in [1.82, 2.24) is 0 Å². The van der Waals surface area contributed by atoms with Crippen molar-refractivity contribution < 1.29 is 22.1 Å². The Kier molecular flexibility index (Phi) is 2.48. The van der Waals surface area contributed by atoms with E-state index in [1.54, 1.807) is 0 Å². The van der Waals surface area contributed by atoms with Crippen LogP contribution in [0.25, 0.3) is 0 Å². The highest BCUT2D eigenvalue weighted by atomic mass is 32.2. The third kappa shape index (κ3) is 2.43. The Hall–Kier alpha value is -0.170. The smallest absolute Gasteiger partial charge is 0.265 e. The molecule has 2 aliphatic carbocycles. The van der Waals surface area contributed by atoms with E-state index >= 15 is 0 Å². The second-order valence-electron chi connectivity index (χ2n) is 6.35. The molecule has 3 aliphatic rings. The van der Waals surface area contributed by atoms with E-state index in [2.05, 4.69) is 0 Å². The first-order valence-corrected chi connectivity index (χ1v) is 8.24. The number of hydrogen-bond donors (Lipinski definition) is 0. The van der Waals surface area contributed by atoms with E-state index in [1.165, 1.54) is 0 Å². The molecule has 1 saturated heterocycles. The molecule has 0 bridgehead atoms. The summed E-state index contributed by atoms with van der Waals surface area (Å²) in [7, 11) is -3.44. The normalized spacial score (nSPS) is 35.4. The molecule has 1 atom stereocenters. The largest absolute Gasteiger partial charge is 0.344 e. The van der Waals surface area contributed by atoms with E-state index in [0.717, 1.165) is 38.4 Å². The van der Waals surface area contributed by atoms with E-state index in [9.17, 15) is 8.42 Å². The van der Waals surface area contributed by atoms with Gasteiger partial charge in [-0.3, -0.25) is 4.18 Å². The van der Waals surface area contributed by atoms with Gasteiger partial charge < -0.3 is 9.47 Å². The highest BCUT2D eigenvalue weighted by Gasteiger charge is 2.63. The standard InChI is InChI=1S/C12H20O5S/c1-10(2)15-9(8-11(16-10)4-5-11)12(6-7-12)17-18(3,13)14/h9H,4-8H2,1-3H3/t9-/m0/s1. The van der Waals surface area contributed by atoms with Crippen LogP contribution in [0.5, 0.6) is 0 Å². The van der Waals surface area contributed by atoms with Crippen LogP contribution in [0.1, 0.15) is 46.0 Å². The van der Waals surface area contributed by atoms with Gasteiger partial charge in [0.1, 0.15) is 5.60 Å². The Labute approximate surface area is 108 Å². The molecule has 0 amide bonds. The molecule has 6 heteroatoms. The van der Waals surface area contributed by atoms with Crippen molar-refractivity contribution in [2.45, 2.75) is 69.0 Å². The average Bonchev–Trinajstić information content (AvgIpc) is 3.02. The lowest BCUT2D eigenvalue weighted by Gasteiger charge is -2.43. The van der Waals surface area contributed by atoms with Gasteiger partial charge in [-0.2, -0.15) is 8.42 Å². The van der Waals surface area contributed by atoms with Crippen LogP contribution in [0.3, 0.4) is 0 Å². The van der Waals surface area contributed by atoms with Crippen molar-refractivity contribution in [3.8, 4) is 0 Å². The topological polar surface area (TPSA) is 61.8 Å². The predicted octanol–water partition coefficient (Wildman–Crippen LogP) is 1.57. The maximum atomic E-state index is 11.4. The fourth-order valence-electron chi connectivity index (χ4n) is 2.93. The van der Waals surface area contributed by atoms with Gasteiger partial charge in [-0.15, -0.1) is 0 Å². The Morgan fingerprint density at radius 1 is 1.17 bits per heavy atom. The summed E-state index contributed by atoms with van der Waals surface area (Å²) in [5.41, 5.74) is -0.729. The monoisotopic (exact) mass is 276 g/mol. The number of ether oxygens (including phenoxy) is 2. The summed E-state index contributed by atoms with van der Waals surface area (Å²) in [5.74, 6) is -0.657. The fourth-order valence-corrected chi connectivity index (χ4v) is 3.81. The highest BCUT2D eigenvalue weighted by Crippen LogP contribution is 2.57. The van der Waals surface area contributed by atoms with Gasteiger partial charge in [-0.05, 0) is 39.5 Å². The first-order chi connectivity index (χ1) is 8.14. The summed E-state index contributed by atoms with van der Waals surface area (Å²) in [6.07, 6.45) is 5.22. The van der Waals surface area contributed by atoms with Crippen LogP contribution >= 0.6 is 0 Å². The molecule has 0 radical (unpaired) electrons. The summed E-state index contributed by atoms with van der Waals surface area (Å²) in [5, 5.41) is 0. The molecule has 3 rings (SSSR count). The van der Waals surface area contributed by atoms with Crippen molar-refractivity contribution in [3.05, 3.63) is 0 Å². The molecule has 0 aromatic heterocycles. The number of hydrogen-bond acceptors (Lipinski definition) is 5. The molecule has 1 aliphatic heterocycles. The molecule has 2 saturated carbocycles. The molecule has 5 nitrogen and oxygen atoms in total. The van der Waals surface area contributed by atoms with Crippen molar-refractivity contribution in [2.75, 3.05) is 6.26 Å². The molecular weight excluding hydrogens is 256 g/mol. The molecule has 0 aromatic carbocycles.